The fourth-order valence-corrected chi connectivity index (χ4v) is 4.41. The Morgan fingerprint density at radius 3 is 2.29 bits per heavy atom. The smallest absolute Gasteiger partial charge is 0.272 e. The van der Waals surface area contributed by atoms with Crippen LogP contribution in [0.1, 0.15) is 21.5 Å². The first kappa shape index (κ1) is 29.7. The zero-order valence-electron chi connectivity index (χ0n) is 22.3. The Morgan fingerprint density at radius 2 is 1.60 bits per heavy atom. The number of rotatable bonds is 10. The van der Waals surface area contributed by atoms with Gasteiger partial charge in [-0.05, 0) is 61.0 Å². The number of nitrogens with one attached hydrogen (secondary N) is 3. The third-order valence-electron chi connectivity index (χ3n) is 5.92. The van der Waals surface area contributed by atoms with Gasteiger partial charge >= 0.3 is 0 Å². The lowest BCUT2D eigenvalue weighted by Crippen LogP contribution is -2.30. The predicted octanol–water partition coefficient (Wildman–Crippen LogP) is 6.18. The first-order valence-electron chi connectivity index (χ1n) is 12.6. The van der Waals surface area contributed by atoms with E-state index in [4.69, 9.17) is 0 Å². The van der Waals surface area contributed by atoms with E-state index < -0.39 is 22.6 Å². The van der Waals surface area contributed by atoms with Gasteiger partial charge in [0.1, 0.15) is 11.5 Å². The van der Waals surface area contributed by atoms with Gasteiger partial charge in [0.05, 0.1) is 16.4 Å². The summed E-state index contributed by atoms with van der Waals surface area (Å²) in [6.07, 6.45) is 1.26. The lowest BCUT2D eigenvalue weighted by molar-refractivity contribution is -0.384. The Balaban J connectivity index is 1.40. The van der Waals surface area contributed by atoms with Gasteiger partial charge in [-0.3, -0.25) is 24.5 Å². The van der Waals surface area contributed by atoms with Crippen LogP contribution in [-0.4, -0.2) is 28.4 Å². The third-order valence-corrected chi connectivity index (χ3v) is 6.93. The Morgan fingerprint density at radius 1 is 0.905 bits per heavy atom. The molecule has 3 N–H and O–H groups in total. The molecule has 42 heavy (non-hydrogen) atoms. The van der Waals surface area contributed by atoms with Crippen molar-refractivity contribution in [1.29, 1.82) is 0 Å². The largest absolute Gasteiger partial charge is 0.325 e. The molecule has 0 aliphatic carbocycles. The molecule has 0 atom stereocenters. The summed E-state index contributed by atoms with van der Waals surface area (Å²) in [6, 6.07) is 25.1. The van der Waals surface area contributed by atoms with Gasteiger partial charge in [0.25, 0.3) is 17.5 Å². The highest BCUT2D eigenvalue weighted by molar-refractivity contribution is 8.00. The van der Waals surface area contributed by atoms with Crippen LogP contribution in [0.2, 0.25) is 0 Å². The minimum Gasteiger partial charge on any atom is -0.325 e. The normalized spacial score (nSPS) is 11.0. The van der Waals surface area contributed by atoms with Gasteiger partial charge < -0.3 is 16.0 Å². The van der Waals surface area contributed by atoms with E-state index in [-0.39, 0.29) is 28.6 Å². The molecular formula is C31H25FN4O5S. The molecule has 11 heteroatoms. The van der Waals surface area contributed by atoms with Crippen LogP contribution in [0.5, 0.6) is 0 Å². The number of aryl methyl sites for hydroxylation is 1. The molecule has 4 aromatic rings. The van der Waals surface area contributed by atoms with E-state index in [0.29, 0.717) is 22.5 Å². The molecule has 0 radical (unpaired) electrons. The van der Waals surface area contributed by atoms with Crippen molar-refractivity contribution in [3.8, 4) is 0 Å². The number of halogens is 1. The number of carbonyl (C=O) groups is 3. The van der Waals surface area contributed by atoms with Crippen LogP contribution in [0.4, 0.5) is 21.5 Å². The molecule has 0 saturated heterocycles. The van der Waals surface area contributed by atoms with Gasteiger partial charge in [-0.15, -0.1) is 11.8 Å². The second-order valence-corrected chi connectivity index (χ2v) is 10.0. The monoisotopic (exact) mass is 584 g/mol. The maximum Gasteiger partial charge on any atom is 0.272 e. The predicted molar refractivity (Wildman–Crippen MR) is 161 cm³/mol. The van der Waals surface area contributed by atoms with Crippen molar-refractivity contribution < 1.29 is 23.7 Å². The maximum absolute atomic E-state index is 14.3. The molecule has 0 unspecified atom stereocenters. The topological polar surface area (TPSA) is 130 Å². The summed E-state index contributed by atoms with van der Waals surface area (Å²) in [5, 5.41) is 19.0. The van der Waals surface area contributed by atoms with Crippen LogP contribution in [0.3, 0.4) is 0 Å². The van der Waals surface area contributed by atoms with Crippen molar-refractivity contribution in [3.05, 3.63) is 135 Å². The Bertz CT molecular complexity index is 1660. The summed E-state index contributed by atoms with van der Waals surface area (Å²) in [5.74, 6) is -2.02. The van der Waals surface area contributed by atoms with E-state index in [1.165, 1.54) is 48.2 Å². The second-order valence-electron chi connectivity index (χ2n) is 8.97. The quantitative estimate of drug-likeness (QED) is 0.0883. The van der Waals surface area contributed by atoms with Crippen molar-refractivity contribution in [1.82, 2.24) is 5.32 Å². The molecule has 4 rings (SSSR count). The summed E-state index contributed by atoms with van der Waals surface area (Å²) >= 11 is 1.24. The number of hydrogen-bond donors (Lipinski definition) is 3. The number of hydrogen-bond acceptors (Lipinski definition) is 6. The van der Waals surface area contributed by atoms with Crippen molar-refractivity contribution in [2.24, 2.45) is 0 Å². The Kier molecular flexibility index (Phi) is 9.80. The number of thioether (sulfide) groups is 1. The Labute approximate surface area is 245 Å². The summed E-state index contributed by atoms with van der Waals surface area (Å²) in [4.78, 5) is 49.6. The van der Waals surface area contributed by atoms with Crippen molar-refractivity contribution in [2.75, 3.05) is 16.4 Å². The van der Waals surface area contributed by atoms with Crippen LogP contribution >= 0.6 is 11.8 Å². The summed E-state index contributed by atoms with van der Waals surface area (Å²) in [6.45, 7) is 1.74. The van der Waals surface area contributed by atoms with E-state index in [0.717, 1.165) is 4.90 Å². The minimum absolute atomic E-state index is 0.0505. The van der Waals surface area contributed by atoms with Crippen molar-refractivity contribution in [3.63, 3.8) is 0 Å². The number of carbonyl (C=O) groups excluding carboxylic acids is 3. The standard InChI is InChI=1S/C31H25FN4O5S/c1-20-11-14-24(36(40)41)18-27(20)34-29(37)19-42-25-15-12-23(13-16-25)33-31(39)28(17-22-9-5-6-10-26(22)32)35-30(38)21-7-3-2-4-8-21/h2-18H,19H2,1H3,(H,33,39)(H,34,37)(H,35,38)/b28-17-. The molecular weight excluding hydrogens is 559 g/mol. The molecule has 0 bridgehead atoms. The average molecular weight is 585 g/mol. The van der Waals surface area contributed by atoms with Crippen LogP contribution in [0, 0.1) is 22.9 Å². The van der Waals surface area contributed by atoms with Crippen LogP contribution in [-0.2, 0) is 9.59 Å². The lowest BCUT2D eigenvalue weighted by atomic mass is 10.1. The van der Waals surface area contributed by atoms with E-state index in [2.05, 4.69) is 16.0 Å². The molecule has 0 aromatic heterocycles. The number of benzene rings is 4. The molecule has 4 aromatic carbocycles. The van der Waals surface area contributed by atoms with Gasteiger partial charge in [0.15, 0.2) is 0 Å². The average Bonchev–Trinajstić information content (AvgIpc) is 2.99. The molecule has 0 aliphatic rings. The van der Waals surface area contributed by atoms with E-state index in [1.54, 1.807) is 73.7 Å². The second kappa shape index (κ2) is 13.9. The third kappa shape index (κ3) is 8.12. The summed E-state index contributed by atoms with van der Waals surface area (Å²) in [5.41, 5.74) is 1.66. The number of anilines is 2. The number of nitro benzene ring substituents is 1. The van der Waals surface area contributed by atoms with Gasteiger partial charge in [-0.25, -0.2) is 4.39 Å². The molecule has 0 spiro atoms. The molecule has 0 heterocycles. The van der Waals surface area contributed by atoms with Gasteiger partial charge in [-0.1, -0.05) is 42.5 Å². The zero-order chi connectivity index (χ0) is 30.1. The number of amides is 3. The molecule has 9 nitrogen and oxygen atoms in total. The van der Waals surface area contributed by atoms with E-state index in [1.807, 2.05) is 0 Å². The first-order valence-corrected chi connectivity index (χ1v) is 13.6. The van der Waals surface area contributed by atoms with E-state index >= 15 is 0 Å². The first-order chi connectivity index (χ1) is 20.2. The Hall–Kier alpha value is -5.29. The molecule has 3 amide bonds. The van der Waals surface area contributed by atoms with Gasteiger partial charge in [-0.2, -0.15) is 0 Å². The molecule has 0 saturated carbocycles. The lowest BCUT2D eigenvalue weighted by Gasteiger charge is -2.12. The molecule has 0 fully saturated rings. The number of nitro groups is 1. The fraction of sp³-hybridized carbons (Fsp3) is 0.0645. The highest BCUT2D eigenvalue weighted by Crippen LogP contribution is 2.24. The van der Waals surface area contributed by atoms with Crippen molar-refractivity contribution >= 4 is 52.6 Å². The highest BCUT2D eigenvalue weighted by atomic mass is 32.2. The SMILES string of the molecule is Cc1ccc([N+](=O)[O-])cc1NC(=O)CSc1ccc(NC(=O)/C(=C/c2ccccc2F)NC(=O)c2ccccc2)cc1. The number of non-ortho nitro benzene ring substituents is 1. The van der Waals surface area contributed by atoms with Crippen LogP contribution in [0.25, 0.3) is 6.08 Å². The van der Waals surface area contributed by atoms with Crippen LogP contribution < -0.4 is 16.0 Å². The number of nitrogens with zero attached hydrogens (tertiary/aromatic N) is 1. The molecule has 212 valence electrons. The van der Waals surface area contributed by atoms with Crippen LogP contribution in [0.15, 0.2) is 108 Å². The zero-order valence-corrected chi connectivity index (χ0v) is 23.1. The highest BCUT2D eigenvalue weighted by Gasteiger charge is 2.16. The maximum atomic E-state index is 14.3. The van der Waals surface area contributed by atoms with Crippen molar-refractivity contribution in [2.45, 2.75) is 11.8 Å². The van der Waals surface area contributed by atoms with Gasteiger partial charge in [0, 0.05) is 33.8 Å². The summed E-state index contributed by atoms with van der Waals surface area (Å²) in [7, 11) is 0. The van der Waals surface area contributed by atoms with Gasteiger partial charge in [0.2, 0.25) is 5.91 Å². The van der Waals surface area contributed by atoms with E-state index in [9.17, 15) is 28.9 Å². The minimum atomic E-state index is -0.658. The summed E-state index contributed by atoms with van der Waals surface area (Å²) < 4.78 is 14.3. The fourth-order valence-electron chi connectivity index (χ4n) is 3.72. The molecule has 0 aliphatic heterocycles.